The van der Waals surface area contributed by atoms with Crippen molar-refractivity contribution >= 4 is 5.91 Å². The van der Waals surface area contributed by atoms with Crippen LogP contribution in [0, 0.1) is 0 Å². The van der Waals surface area contributed by atoms with Crippen LogP contribution >= 0.6 is 0 Å². The molecule has 7 heteroatoms. The van der Waals surface area contributed by atoms with Crippen LogP contribution in [0.15, 0.2) is 30.6 Å². The van der Waals surface area contributed by atoms with E-state index in [0.29, 0.717) is 24.2 Å². The Bertz CT molecular complexity index is 631. The summed E-state index contributed by atoms with van der Waals surface area (Å²) < 4.78 is 0. The van der Waals surface area contributed by atoms with Crippen molar-refractivity contribution in [2.75, 3.05) is 19.6 Å². The molecule has 1 atom stereocenters. The van der Waals surface area contributed by atoms with Gasteiger partial charge in [0.25, 0.3) is 5.91 Å². The fourth-order valence-corrected chi connectivity index (χ4v) is 2.76. The standard InChI is InChI=1S/C16H21N5O2/c22-15(18-10-16(23)6-1-8-17-9-7-16)13-4-2-12(3-5-13)14-19-11-20-21-14/h2-5,11,17,23H,1,6-10H2,(H,18,22)(H,19,20,21). The van der Waals surface area contributed by atoms with Gasteiger partial charge in [-0.1, -0.05) is 12.1 Å². The number of benzene rings is 1. The summed E-state index contributed by atoms with van der Waals surface area (Å²) in [7, 11) is 0. The van der Waals surface area contributed by atoms with Gasteiger partial charge in [0, 0.05) is 17.7 Å². The molecule has 1 aliphatic rings. The Kier molecular flexibility index (Phi) is 4.68. The summed E-state index contributed by atoms with van der Waals surface area (Å²) in [6, 6.07) is 7.12. The third-order valence-electron chi connectivity index (χ3n) is 4.18. The average molecular weight is 315 g/mol. The van der Waals surface area contributed by atoms with E-state index in [1.54, 1.807) is 12.1 Å². The van der Waals surface area contributed by atoms with Crippen molar-refractivity contribution in [1.29, 1.82) is 0 Å². The highest BCUT2D eigenvalue weighted by Crippen LogP contribution is 2.19. The molecule has 1 aliphatic heterocycles. The number of nitrogens with zero attached hydrogens (tertiary/aromatic N) is 2. The zero-order chi connectivity index (χ0) is 16.1. The quantitative estimate of drug-likeness (QED) is 0.665. The summed E-state index contributed by atoms with van der Waals surface area (Å²) in [4.78, 5) is 16.3. The fourth-order valence-electron chi connectivity index (χ4n) is 2.76. The van der Waals surface area contributed by atoms with Crippen LogP contribution in [-0.2, 0) is 0 Å². The number of aliphatic hydroxyl groups is 1. The van der Waals surface area contributed by atoms with Crippen molar-refractivity contribution in [2.24, 2.45) is 0 Å². The molecule has 4 N–H and O–H groups in total. The van der Waals surface area contributed by atoms with Gasteiger partial charge >= 0.3 is 0 Å². The lowest BCUT2D eigenvalue weighted by molar-refractivity contribution is 0.0276. The third kappa shape index (κ3) is 3.94. The van der Waals surface area contributed by atoms with Gasteiger partial charge < -0.3 is 15.7 Å². The molecule has 0 aliphatic carbocycles. The van der Waals surface area contributed by atoms with E-state index in [0.717, 1.165) is 25.1 Å². The number of hydrogen-bond donors (Lipinski definition) is 4. The highest BCUT2D eigenvalue weighted by atomic mass is 16.3. The Morgan fingerprint density at radius 3 is 2.83 bits per heavy atom. The van der Waals surface area contributed by atoms with Gasteiger partial charge in [-0.15, -0.1) is 0 Å². The summed E-state index contributed by atoms with van der Waals surface area (Å²) in [5.41, 5.74) is 0.606. The number of nitrogens with one attached hydrogen (secondary N) is 3. The summed E-state index contributed by atoms with van der Waals surface area (Å²) in [5.74, 6) is 0.483. The molecule has 1 fully saturated rings. The van der Waals surface area contributed by atoms with Crippen LogP contribution in [0.4, 0.5) is 0 Å². The van der Waals surface area contributed by atoms with Gasteiger partial charge in [-0.05, 0) is 44.5 Å². The molecule has 122 valence electrons. The molecule has 0 spiro atoms. The Morgan fingerprint density at radius 1 is 1.26 bits per heavy atom. The molecule has 1 saturated heterocycles. The molecule has 0 saturated carbocycles. The van der Waals surface area contributed by atoms with Crippen LogP contribution in [0.2, 0.25) is 0 Å². The second kappa shape index (κ2) is 6.89. The van der Waals surface area contributed by atoms with Gasteiger partial charge in [-0.25, -0.2) is 4.98 Å². The number of amides is 1. The molecule has 1 unspecified atom stereocenters. The Morgan fingerprint density at radius 2 is 2.09 bits per heavy atom. The third-order valence-corrected chi connectivity index (χ3v) is 4.18. The maximum atomic E-state index is 12.2. The van der Waals surface area contributed by atoms with Crippen LogP contribution in [0.5, 0.6) is 0 Å². The Hall–Kier alpha value is -2.25. The van der Waals surface area contributed by atoms with Crippen LogP contribution in [0.3, 0.4) is 0 Å². The summed E-state index contributed by atoms with van der Waals surface area (Å²) in [6.45, 7) is 1.97. The van der Waals surface area contributed by atoms with Gasteiger partial charge in [0.15, 0.2) is 5.82 Å². The first-order valence-electron chi connectivity index (χ1n) is 7.83. The highest BCUT2D eigenvalue weighted by molar-refractivity contribution is 5.94. The maximum absolute atomic E-state index is 12.2. The predicted molar refractivity (Wildman–Crippen MR) is 85.8 cm³/mol. The normalized spacial score (nSPS) is 21.6. The smallest absolute Gasteiger partial charge is 0.251 e. The van der Waals surface area contributed by atoms with Crippen LogP contribution in [0.25, 0.3) is 11.4 Å². The van der Waals surface area contributed by atoms with Crippen molar-refractivity contribution < 1.29 is 9.90 Å². The zero-order valence-corrected chi connectivity index (χ0v) is 12.9. The summed E-state index contributed by atoms with van der Waals surface area (Å²) in [5, 5.41) is 23.2. The number of aromatic nitrogens is 3. The molecule has 1 aromatic carbocycles. The van der Waals surface area contributed by atoms with Gasteiger partial charge in [0.1, 0.15) is 6.33 Å². The minimum absolute atomic E-state index is 0.181. The summed E-state index contributed by atoms with van der Waals surface area (Å²) >= 11 is 0. The van der Waals surface area contributed by atoms with E-state index < -0.39 is 5.60 Å². The topological polar surface area (TPSA) is 103 Å². The number of rotatable bonds is 4. The number of hydrogen-bond acceptors (Lipinski definition) is 5. The maximum Gasteiger partial charge on any atom is 0.251 e. The average Bonchev–Trinajstić information content (AvgIpc) is 3.02. The van der Waals surface area contributed by atoms with Crippen molar-refractivity contribution in [1.82, 2.24) is 25.8 Å². The predicted octanol–water partition coefficient (Wildman–Crippen LogP) is 0.706. The van der Waals surface area contributed by atoms with Gasteiger partial charge in [0.2, 0.25) is 0 Å². The minimum atomic E-state index is -0.820. The number of carbonyl (C=O) groups excluding carboxylic acids is 1. The first-order valence-corrected chi connectivity index (χ1v) is 7.83. The van der Waals surface area contributed by atoms with Crippen molar-refractivity contribution in [3.8, 4) is 11.4 Å². The molecule has 7 nitrogen and oxygen atoms in total. The molecule has 0 bridgehead atoms. The molecular weight excluding hydrogens is 294 g/mol. The minimum Gasteiger partial charge on any atom is -0.388 e. The van der Waals surface area contributed by atoms with Crippen LogP contribution in [-0.4, -0.2) is 51.4 Å². The molecule has 3 rings (SSSR count). The number of carbonyl (C=O) groups is 1. The van der Waals surface area contributed by atoms with Crippen LogP contribution in [0.1, 0.15) is 29.6 Å². The highest BCUT2D eigenvalue weighted by Gasteiger charge is 2.28. The Balaban J connectivity index is 1.59. The van der Waals surface area contributed by atoms with E-state index in [-0.39, 0.29) is 12.5 Å². The van der Waals surface area contributed by atoms with E-state index in [2.05, 4.69) is 25.8 Å². The Labute approximate surface area is 134 Å². The lowest BCUT2D eigenvalue weighted by atomic mass is 9.95. The zero-order valence-electron chi connectivity index (χ0n) is 12.9. The largest absolute Gasteiger partial charge is 0.388 e. The van der Waals surface area contributed by atoms with Gasteiger partial charge in [-0.3, -0.25) is 9.89 Å². The second-order valence-electron chi connectivity index (χ2n) is 5.92. The van der Waals surface area contributed by atoms with E-state index in [9.17, 15) is 9.90 Å². The SMILES string of the molecule is O=C(NCC1(O)CCCNCC1)c1ccc(-c2ncn[nH]2)cc1. The molecule has 2 heterocycles. The van der Waals surface area contributed by atoms with E-state index in [1.165, 1.54) is 6.33 Å². The first-order chi connectivity index (χ1) is 11.2. The molecule has 1 amide bonds. The lowest BCUT2D eigenvalue weighted by Gasteiger charge is -2.26. The van der Waals surface area contributed by atoms with Crippen molar-refractivity contribution in [3.05, 3.63) is 36.2 Å². The van der Waals surface area contributed by atoms with Gasteiger partial charge in [-0.2, -0.15) is 5.10 Å². The van der Waals surface area contributed by atoms with Crippen molar-refractivity contribution in [2.45, 2.75) is 24.9 Å². The number of H-pyrrole nitrogens is 1. The van der Waals surface area contributed by atoms with E-state index in [1.807, 2.05) is 12.1 Å². The second-order valence-corrected chi connectivity index (χ2v) is 5.92. The monoisotopic (exact) mass is 315 g/mol. The van der Waals surface area contributed by atoms with E-state index >= 15 is 0 Å². The molecule has 1 aromatic heterocycles. The molecular formula is C16H21N5O2. The molecule has 2 aromatic rings. The molecule has 23 heavy (non-hydrogen) atoms. The fraction of sp³-hybridized carbons (Fsp3) is 0.438. The van der Waals surface area contributed by atoms with Crippen molar-refractivity contribution in [3.63, 3.8) is 0 Å². The summed E-state index contributed by atoms with van der Waals surface area (Å²) in [6.07, 6.45) is 3.71. The van der Waals surface area contributed by atoms with Gasteiger partial charge in [0.05, 0.1) is 5.60 Å². The van der Waals surface area contributed by atoms with Crippen LogP contribution < -0.4 is 10.6 Å². The number of aromatic amines is 1. The first kappa shape index (κ1) is 15.6. The van der Waals surface area contributed by atoms with E-state index in [4.69, 9.17) is 0 Å². The lowest BCUT2D eigenvalue weighted by Crippen LogP contribution is -2.43. The molecule has 0 radical (unpaired) electrons.